The summed E-state index contributed by atoms with van der Waals surface area (Å²) >= 11 is 0. The molecule has 0 amide bonds. The van der Waals surface area contributed by atoms with E-state index in [1.807, 2.05) is 39.8 Å². The highest BCUT2D eigenvalue weighted by Gasteiger charge is 2.51. The van der Waals surface area contributed by atoms with Crippen molar-refractivity contribution >= 4 is 12.6 Å². The molecule has 0 radical (unpaired) electrons. The van der Waals surface area contributed by atoms with Crippen molar-refractivity contribution in [2.75, 3.05) is 0 Å². The van der Waals surface area contributed by atoms with Gasteiger partial charge in [0.25, 0.3) is 0 Å². The van der Waals surface area contributed by atoms with E-state index in [1.165, 1.54) is 24.3 Å². The summed E-state index contributed by atoms with van der Waals surface area (Å²) in [5.74, 6) is -2.55. The SMILES string of the molecule is CC1(C)OB(c2cc(CCc3ccc(-c4ccc(F)cc4F)nc3)cc(CCc3ccc(-c4ccc(F)cc4F)nc3)c2)OC1(C)C. The topological polar surface area (TPSA) is 44.2 Å². The number of pyridine rings is 2. The van der Waals surface area contributed by atoms with Crippen LogP contribution in [-0.2, 0) is 35.0 Å². The van der Waals surface area contributed by atoms with Gasteiger partial charge in [0.05, 0.1) is 22.6 Å². The third-order valence-electron chi connectivity index (χ3n) is 9.07. The average Bonchev–Trinajstić information content (AvgIpc) is 3.26. The van der Waals surface area contributed by atoms with Crippen LogP contribution in [0.1, 0.15) is 49.9 Å². The van der Waals surface area contributed by atoms with Gasteiger partial charge in [0.15, 0.2) is 0 Å². The Bertz CT molecular complexity index is 1760. The molecular formula is C38H35BF4N2O2. The molecule has 4 nitrogen and oxygen atoms in total. The zero-order valence-electron chi connectivity index (χ0n) is 26.8. The second kappa shape index (κ2) is 13.0. The number of hydrogen-bond donors (Lipinski definition) is 0. The van der Waals surface area contributed by atoms with Crippen LogP contribution in [0.3, 0.4) is 0 Å². The van der Waals surface area contributed by atoms with E-state index in [9.17, 15) is 17.6 Å². The van der Waals surface area contributed by atoms with Gasteiger partial charge in [0.1, 0.15) is 23.3 Å². The van der Waals surface area contributed by atoms with Gasteiger partial charge >= 0.3 is 7.12 Å². The molecule has 1 aliphatic heterocycles. The average molecular weight is 639 g/mol. The van der Waals surface area contributed by atoms with Crippen LogP contribution >= 0.6 is 0 Å². The summed E-state index contributed by atoms with van der Waals surface area (Å²) in [4.78, 5) is 8.87. The first-order chi connectivity index (χ1) is 22.4. The Kier molecular flexibility index (Phi) is 9.05. The van der Waals surface area contributed by atoms with Crippen LogP contribution in [0.5, 0.6) is 0 Å². The standard InChI is InChI=1S/C38H35BF4N2O2/c1-37(2)38(3,4)47-39(46-37)28-18-26(7-5-24-9-15-35(44-22-24)31-13-11-29(40)20-33(31)42)17-27(19-28)8-6-25-10-16-36(45-23-25)32-14-12-30(41)21-34(32)43/h9-23H,5-8H2,1-4H3. The van der Waals surface area contributed by atoms with Crippen LogP contribution in [0.15, 0.2) is 91.3 Å². The Morgan fingerprint density at radius 3 is 1.34 bits per heavy atom. The Labute approximate surface area is 273 Å². The van der Waals surface area contributed by atoms with Gasteiger partial charge in [0, 0.05) is 35.7 Å². The predicted octanol–water partition coefficient (Wildman–Crippen LogP) is 8.24. The van der Waals surface area contributed by atoms with Crippen molar-refractivity contribution in [2.24, 2.45) is 0 Å². The van der Waals surface area contributed by atoms with E-state index in [0.717, 1.165) is 52.7 Å². The molecule has 0 N–H and O–H groups in total. The third-order valence-corrected chi connectivity index (χ3v) is 9.07. The largest absolute Gasteiger partial charge is 0.494 e. The molecule has 5 aromatic rings. The zero-order valence-corrected chi connectivity index (χ0v) is 26.8. The van der Waals surface area contributed by atoms with Crippen molar-refractivity contribution in [2.45, 2.75) is 64.6 Å². The van der Waals surface area contributed by atoms with Crippen molar-refractivity contribution in [3.8, 4) is 22.5 Å². The van der Waals surface area contributed by atoms with E-state index in [0.29, 0.717) is 24.2 Å². The van der Waals surface area contributed by atoms with Gasteiger partial charge in [-0.25, -0.2) is 17.6 Å². The van der Waals surface area contributed by atoms with E-state index in [4.69, 9.17) is 9.31 Å². The molecule has 1 aliphatic rings. The lowest BCUT2D eigenvalue weighted by molar-refractivity contribution is 0.00578. The van der Waals surface area contributed by atoms with Crippen LogP contribution in [0.25, 0.3) is 22.5 Å². The van der Waals surface area contributed by atoms with Gasteiger partial charge in [-0.3, -0.25) is 9.97 Å². The predicted molar refractivity (Wildman–Crippen MR) is 176 cm³/mol. The molecule has 0 atom stereocenters. The van der Waals surface area contributed by atoms with Crippen LogP contribution < -0.4 is 5.46 Å². The van der Waals surface area contributed by atoms with Gasteiger partial charge in [0.2, 0.25) is 0 Å². The van der Waals surface area contributed by atoms with E-state index >= 15 is 0 Å². The lowest BCUT2D eigenvalue weighted by Gasteiger charge is -2.32. The molecule has 0 bridgehead atoms. The maximum Gasteiger partial charge on any atom is 0.494 e. The second-order valence-corrected chi connectivity index (χ2v) is 13.0. The van der Waals surface area contributed by atoms with Crippen LogP contribution in [0.4, 0.5) is 17.6 Å². The molecule has 2 aromatic heterocycles. The van der Waals surface area contributed by atoms with Crippen molar-refractivity contribution in [1.29, 1.82) is 0 Å². The van der Waals surface area contributed by atoms with Gasteiger partial charge < -0.3 is 9.31 Å². The van der Waals surface area contributed by atoms with Crippen LogP contribution in [0, 0.1) is 23.3 Å². The number of aromatic nitrogens is 2. The molecule has 3 heterocycles. The molecule has 0 saturated carbocycles. The Balaban J connectivity index is 1.19. The summed E-state index contributed by atoms with van der Waals surface area (Å²) in [6.07, 6.45) is 6.32. The fourth-order valence-electron chi connectivity index (χ4n) is 5.63. The van der Waals surface area contributed by atoms with E-state index in [2.05, 4.69) is 28.2 Å². The molecule has 0 unspecified atom stereocenters. The van der Waals surface area contributed by atoms with Crippen LogP contribution in [-0.4, -0.2) is 28.3 Å². The molecule has 3 aromatic carbocycles. The molecule has 1 fully saturated rings. The highest BCUT2D eigenvalue weighted by atomic mass is 19.1. The number of aryl methyl sites for hydroxylation is 4. The Morgan fingerprint density at radius 2 is 0.957 bits per heavy atom. The molecule has 6 rings (SSSR count). The van der Waals surface area contributed by atoms with E-state index in [-0.39, 0.29) is 11.1 Å². The minimum Gasteiger partial charge on any atom is -0.399 e. The summed E-state index contributed by atoms with van der Waals surface area (Å²) in [7, 11) is -0.517. The fraction of sp³-hybridized carbons (Fsp3) is 0.263. The van der Waals surface area contributed by atoms with Crippen molar-refractivity contribution in [3.05, 3.63) is 137 Å². The van der Waals surface area contributed by atoms with E-state index < -0.39 is 41.6 Å². The normalized spacial score (nSPS) is 15.3. The molecular weight excluding hydrogens is 603 g/mol. The highest BCUT2D eigenvalue weighted by molar-refractivity contribution is 6.62. The van der Waals surface area contributed by atoms with Gasteiger partial charge in [-0.15, -0.1) is 0 Å². The maximum atomic E-state index is 14.3. The zero-order chi connectivity index (χ0) is 33.3. The lowest BCUT2D eigenvalue weighted by atomic mass is 9.76. The summed E-state index contributed by atoms with van der Waals surface area (Å²) in [6, 6.07) is 20.7. The highest BCUT2D eigenvalue weighted by Crippen LogP contribution is 2.36. The van der Waals surface area contributed by atoms with E-state index in [1.54, 1.807) is 24.5 Å². The van der Waals surface area contributed by atoms with Crippen molar-refractivity contribution < 1.29 is 26.9 Å². The number of benzene rings is 3. The first-order valence-electron chi connectivity index (χ1n) is 15.7. The molecule has 9 heteroatoms. The lowest BCUT2D eigenvalue weighted by Crippen LogP contribution is -2.41. The molecule has 47 heavy (non-hydrogen) atoms. The number of rotatable bonds is 9. The van der Waals surface area contributed by atoms with Crippen molar-refractivity contribution in [3.63, 3.8) is 0 Å². The number of halogens is 4. The van der Waals surface area contributed by atoms with Crippen molar-refractivity contribution in [1.82, 2.24) is 9.97 Å². The van der Waals surface area contributed by atoms with Gasteiger partial charge in [-0.1, -0.05) is 30.3 Å². The summed E-state index contributed by atoms with van der Waals surface area (Å²) in [6.45, 7) is 8.11. The number of hydrogen-bond acceptors (Lipinski definition) is 4. The molecule has 240 valence electrons. The molecule has 0 spiro atoms. The fourth-order valence-corrected chi connectivity index (χ4v) is 5.63. The summed E-state index contributed by atoms with van der Waals surface area (Å²) in [5, 5.41) is 0. The summed E-state index contributed by atoms with van der Waals surface area (Å²) < 4.78 is 68.0. The minimum atomic E-state index is -0.647. The Morgan fingerprint density at radius 1 is 0.532 bits per heavy atom. The first kappa shape index (κ1) is 32.6. The van der Waals surface area contributed by atoms with Crippen LogP contribution in [0.2, 0.25) is 0 Å². The summed E-state index contributed by atoms with van der Waals surface area (Å²) in [5.41, 5.74) is 5.58. The third kappa shape index (κ3) is 7.31. The molecule has 0 aliphatic carbocycles. The number of nitrogens with zero attached hydrogens (tertiary/aromatic N) is 2. The Hall–Kier alpha value is -4.34. The maximum absolute atomic E-state index is 14.3. The van der Waals surface area contributed by atoms with Gasteiger partial charge in [-0.2, -0.15) is 0 Å². The minimum absolute atomic E-state index is 0.255. The van der Waals surface area contributed by atoms with Gasteiger partial charge in [-0.05, 0) is 117 Å². The monoisotopic (exact) mass is 638 g/mol. The second-order valence-electron chi connectivity index (χ2n) is 13.0. The first-order valence-corrected chi connectivity index (χ1v) is 15.7. The smallest absolute Gasteiger partial charge is 0.399 e. The molecule has 1 saturated heterocycles. The quantitative estimate of drug-likeness (QED) is 0.121.